The molecule has 1 aromatic rings. The van der Waals surface area contributed by atoms with E-state index in [0.29, 0.717) is 13.0 Å². The van der Waals surface area contributed by atoms with Crippen LogP contribution in [0.15, 0.2) is 30.3 Å². The summed E-state index contributed by atoms with van der Waals surface area (Å²) in [5, 5.41) is 2.78. The first kappa shape index (κ1) is 9.78. The average Bonchev–Trinajstić information content (AvgIpc) is 2.19. The fourth-order valence-corrected chi connectivity index (χ4v) is 1.08. The highest BCUT2D eigenvalue weighted by molar-refractivity contribution is 5.76. The van der Waals surface area contributed by atoms with Crippen molar-refractivity contribution in [1.82, 2.24) is 5.32 Å². The fourth-order valence-electron chi connectivity index (χ4n) is 1.08. The second kappa shape index (κ2) is 5.36. The minimum Gasteiger partial charge on any atom is -0.356 e. The maximum absolute atomic E-state index is 10.8. The van der Waals surface area contributed by atoms with E-state index in [2.05, 4.69) is 24.4 Å². The van der Waals surface area contributed by atoms with Crippen LogP contribution in [-0.4, -0.2) is 12.5 Å². The molecule has 1 aromatic carbocycles. The highest BCUT2D eigenvalue weighted by atomic mass is 16.1. The number of carbonyl (C=O) groups is 1. The Kier molecular flexibility index (Phi) is 4.03. The molecule has 0 heterocycles. The van der Waals surface area contributed by atoms with Crippen LogP contribution in [0.2, 0.25) is 0 Å². The molecule has 13 heavy (non-hydrogen) atoms. The van der Waals surface area contributed by atoms with Crippen LogP contribution in [0.3, 0.4) is 0 Å². The van der Waals surface area contributed by atoms with Crippen molar-refractivity contribution in [2.75, 3.05) is 6.54 Å². The molecule has 0 atom stereocenters. The van der Waals surface area contributed by atoms with Crippen molar-refractivity contribution in [1.29, 1.82) is 0 Å². The number of hydrogen-bond donors (Lipinski definition) is 1. The van der Waals surface area contributed by atoms with Gasteiger partial charge in [0.2, 0.25) is 5.91 Å². The van der Waals surface area contributed by atoms with E-state index in [4.69, 9.17) is 0 Å². The van der Waals surface area contributed by atoms with Crippen molar-refractivity contribution in [3.05, 3.63) is 42.8 Å². The number of benzene rings is 1. The van der Waals surface area contributed by atoms with Crippen LogP contribution in [0.25, 0.3) is 0 Å². The average molecular weight is 176 g/mol. The van der Waals surface area contributed by atoms with E-state index in [0.717, 1.165) is 6.42 Å². The first-order valence-electron chi connectivity index (χ1n) is 4.43. The summed E-state index contributed by atoms with van der Waals surface area (Å²) in [6, 6.07) is 10.1. The molecular formula is C11H14NO. The Hall–Kier alpha value is -1.31. The van der Waals surface area contributed by atoms with Crippen LogP contribution in [0.4, 0.5) is 0 Å². The van der Waals surface area contributed by atoms with Gasteiger partial charge in [-0.25, -0.2) is 0 Å². The molecule has 1 rings (SSSR count). The van der Waals surface area contributed by atoms with E-state index in [9.17, 15) is 4.79 Å². The van der Waals surface area contributed by atoms with E-state index in [1.807, 2.05) is 18.2 Å². The molecule has 0 unspecified atom stereocenters. The highest BCUT2D eigenvalue weighted by Gasteiger charge is 1.95. The molecule has 0 bridgehead atoms. The summed E-state index contributed by atoms with van der Waals surface area (Å²) < 4.78 is 0. The van der Waals surface area contributed by atoms with Gasteiger partial charge in [0.25, 0.3) is 0 Å². The Bertz CT molecular complexity index is 256. The normalized spacial score (nSPS) is 9.62. The molecule has 0 aliphatic carbocycles. The SMILES string of the molecule is [CH2]CC(=O)NCCc1ccccc1. The van der Waals surface area contributed by atoms with Gasteiger partial charge in [-0.3, -0.25) is 4.79 Å². The van der Waals surface area contributed by atoms with E-state index in [1.54, 1.807) is 0 Å². The maximum atomic E-state index is 10.8. The highest BCUT2D eigenvalue weighted by Crippen LogP contribution is 1.97. The second-order valence-electron chi connectivity index (χ2n) is 2.84. The predicted molar refractivity (Wildman–Crippen MR) is 53.1 cm³/mol. The molecule has 1 N–H and O–H groups in total. The van der Waals surface area contributed by atoms with Crippen LogP contribution >= 0.6 is 0 Å². The molecule has 0 saturated carbocycles. The van der Waals surface area contributed by atoms with Crippen LogP contribution in [0, 0.1) is 6.92 Å². The van der Waals surface area contributed by atoms with Crippen molar-refractivity contribution in [3.63, 3.8) is 0 Å². The summed E-state index contributed by atoms with van der Waals surface area (Å²) in [7, 11) is 0. The second-order valence-corrected chi connectivity index (χ2v) is 2.84. The third kappa shape index (κ3) is 3.74. The zero-order chi connectivity index (χ0) is 9.52. The van der Waals surface area contributed by atoms with Gasteiger partial charge in [-0.1, -0.05) is 30.3 Å². The zero-order valence-corrected chi connectivity index (χ0v) is 7.62. The number of rotatable bonds is 4. The Morgan fingerprint density at radius 2 is 2.00 bits per heavy atom. The lowest BCUT2D eigenvalue weighted by atomic mass is 10.1. The van der Waals surface area contributed by atoms with Crippen LogP contribution in [-0.2, 0) is 11.2 Å². The van der Waals surface area contributed by atoms with Gasteiger partial charge in [0.05, 0.1) is 0 Å². The quantitative estimate of drug-likeness (QED) is 0.741. The lowest BCUT2D eigenvalue weighted by molar-refractivity contribution is -0.120. The molecular weight excluding hydrogens is 162 g/mol. The van der Waals surface area contributed by atoms with E-state index in [-0.39, 0.29) is 5.91 Å². The molecule has 1 amide bonds. The summed E-state index contributed by atoms with van der Waals surface area (Å²) in [6.45, 7) is 4.19. The zero-order valence-electron chi connectivity index (χ0n) is 7.62. The minimum atomic E-state index is 0.0101. The van der Waals surface area contributed by atoms with Gasteiger partial charge < -0.3 is 5.32 Å². The minimum absolute atomic E-state index is 0.0101. The largest absolute Gasteiger partial charge is 0.356 e. The van der Waals surface area contributed by atoms with Gasteiger partial charge >= 0.3 is 0 Å². The van der Waals surface area contributed by atoms with Gasteiger partial charge in [0.1, 0.15) is 0 Å². The molecule has 2 nitrogen and oxygen atoms in total. The standard InChI is InChI=1S/C11H14NO/c1-2-11(13)12-9-8-10-6-4-3-5-7-10/h3-7H,1-2,8-9H2,(H,12,13). The van der Waals surface area contributed by atoms with Gasteiger partial charge in [-0.2, -0.15) is 0 Å². The summed E-state index contributed by atoms with van der Waals surface area (Å²) in [5.74, 6) is 0.0101. The first-order valence-corrected chi connectivity index (χ1v) is 4.43. The molecule has 2 heteroatoms. The smallest absolute Gasteiger partial charge is 0.220 e. The Morgan fingerprint density at radius 3 is 2.62 bits per heavy atom. The van der Waals surface area contributed by atoms with Crippen molar-refractivity contribution in [2.24, 2.45) is 0 Å². The van der Waals surface area contributed by atoms with Crippen molar-refractivity contribution >= 4 is 5.91 Å². The predicted octanol–water partition coefficient (Wildman–Crippen LogP) is 1.57. The third-order valence-corrected chi connectivity index (χ3v) is 1.81. The molecule has 0 fully saturated rings. The van der Waals surface area contributed by atoms with Crippen LogP contribution < -0.4 is 5.32 Å². The summed E-state index contributed by atoms with van der Waals surface area (Å²) in [4.78, 5) is 10.8. The van der Waals surface area contributed by atoms with Crippen LogP contribution in [0.5, 0.6) is 0 Å². The topological polar surface area (TPSA) is 29.1 Å². The van der Waals surface area contributed by atoms with Gasteiger partial charge in [0, 0.05) is 13.0 Å². The summed E-state index contributed by atoms with van der Waals surface area (Å²) in [6.07, 6.45) is 1.20. The van der Waals surface area contributed by atoms with Crippen LogP contribution in [0.1, 0.15) is 12.0 Å². The fraction of sp³-hybridized carbons (Fsp3) is 0.273. The molecule has 0 aromatic heterocycles. The number of nitrogens with one attached hydrogen (secondary N) is 1. The molecule has 0 aliphatic heterocycles. The lowest BCUT2D eigenvalue weighted by Crippen LogP contribution is -2.24. The molecule has 1 radical (unpaired) electrons. The Balaban J connectivity index is 2.24. The van der Waals surface area contributed by atoms with Gasteiger partial charge in [-0.15, -0.1) is 0 Å². The lowest BCUT2D eigenvalue weighted by Gasteiger charge is -2.02. The third-order valence-electron chi connectivity index (χ3n) is 1.81. The van der Waals surface area contributed by atoms with Crippen molar-refractivity contribution in [3.8, 4) is 0 Å². The molecule has 0 spiro atoms. The van der Waals surface area contributed by atoms with Gasteiger partial charge in [0.15, 0.2) is 0 Å². The first-order chi connectivity index (χ1) is 6.33. The molecule has 0 aliphatic rings. The summed E-state index contributed by atoms with van der Waals surface area (Å²) >= 11 is 0. The Morgan fingerprint density at radius 1 is 1.31 bits per heavy atom. The number of amides is 1. The molecule has 69 valence electrons. The van der Waals surface area contributed by atoms with Crippen molar-refractivity contribution in [2.45, 2.75) is 12.8 Å². The molecule has 0 saturated heterocycles. The van der Waals surface area contributed by atoms with E-state index >= 15 is 0 Å². The monoisotopic (exact) mass is 176 g/mol. The number of hydrogen-bond acceptors (Lipinski definition) is 1. The van der Waals surface area contributed by atoms with E-state index in [1.165, 1.54) is 5.56 Å². The van der Waals surface area contributed by atoms with Gasteiger partial charge in [-0.05, 0) is 18.9 Å². The number of carbonyl (C=O) groups excluding carboxylic acids is 1. The Labute approximate surface area is 79.0 Å². The van der Waals surface area contributed by atoms with Crippen molar-refractivity contribution < 1.29 is 4.79 Å². The summed E-state index contributed by atoms with van der Waals surface area (Å²) in [5.41, 5.74) is 1.24. The van der Waals surface area contributed by atoms with E-state index < -0.39 is 0 Å². The maximum Gasteiger partial charge on any atom is 0.220 e.